The summed E-state index contributed by atoms with van der Waals surface area (Å²) in [5.41, 5.74) is 1.35. The molecule has 1 unspecified atom stereocenters. The molecular weight excluding hydrogens is 250 g/mol. The third-order valence-electron chi connectivity index (χ3n) is 2.72. The van der Waals surface area contributed by atoms with E-state index in [9.17, 15) is 0 Å². The molecule has 0 saturated carbocycles. The normalized spacial score (nSPS) is 12.6. The summed E-state index contributed by atoms with van der Waals surface area (Å²) in [4.78, 5) is 0. The quantitative estimate of drug-likeness (QED) is 0.717. The summed E-state index contributed by atoms with van der Waals surface area (Å²) >= 11 is 7.79. The number of unbranched alkanes of at least 4 members (excludes halogenated alkanes) is 1. The molecule has 0 bridgehead atoms. The van der Waals surface area contributed by atoms with Gasteiger partial charge < -0.3 is 5.32 Å². The number of rotatable bonds is 8. The molecular formula is C14H22ClNS. The summed E-state index contributed by atoms with van der Waals surface area (Å²) in [6.45, 7) is 3.36. The molecule has 0 aromatic heterocycles. The lowest BCUT2D eigenvalue weighted by Gasteiger charge is -2.13. The molecule has 0 spiro atoms. The van der Waals surface area contributed by atoms with E-state index in [0.717, 1.165) is 18.0 Å². The van der Waals surface area contributed by atoms with E-state index in [1.54, 1.807) is 0 Å². The van der Waals surface area contributed by atoms with Gasteiger partial charge in [-0.3, -0.25) is 0 Å². The molecule has 0 fully saturated rings. The first kappa shape index (κ1) is 14.9. The molecule has 0 amide bonds. The Morgan fingerprint density at radius 2 is 1.94 bits per heavy atom. The molecule has 17 heavy (non-hydrogen) atoms. The van der Waals surface area contributed by atoms with Crippen LogP contribution in [0.1, 0.15) is 25.3 Å². The predicted octanol–water partition coefficient (Wildman–Crippen LogP) is 4.00. The lowest BCUT2D eigenvalue weighted by atomic mass is 10.1. The molecule has 1 aromatic rings. The van der Waals surface area contributed by atoms with Gasteiger partial charge in [-0.25, -0.2) is 0 Å². The van der Waals surface area contributed by atoms with E-state index in [1.165, 1.54) is 24.2 Å². The molecule has 0 aliphatic rings. The highest BCUT2D eigenvalue weighted by molar-refractivity contribution is 7.98. The van der Waals surface area contributed by atoms with Crippen LogP contribution in [0, 0.1) is 0 Å². The van der Waals surface area contributed by atoms with Gasteiger partial charge >= 0.3 is 0 Å². The first-order chi connectivity index (χ1) is 8.22. The molecule has 1 aromatic carbocycles. The third kappa shape index (κ3) is 6.97. The molecule has 1 N–H and O–H groups in total. The second-order valence-corrected chi connectivity index (χ2v) is 5.81. The van der Waals surface area contributed by atoms with E-state index in [4.69, 9.17) is 11.6 Å². The van der Waals surface area contributed by atoms with Crippen molar-refractivity contribution in [3.05, 3.63) is 34.9 Å². The van der Waals surface area contributed by atoms with Crippen molar-refractivity contribution in [2.75, 3.05) is 18.6 Å². The predicted molar refractivity (Wildman–Crippen MR) is 80.2 cm³/mol. The topological polar surface area (TPSA) is 12.0 Å². The highest BCUT2D eigenvalue weighted by atomic mass is 35.5. The van der Waals surface area contributed by atoms with E-state index in [-0.39, 0.29) is 0 Å². The Morgan fingerprint density at radius 3 is 2.59 bits per heavy atom. The fraction of sp³-hybridized carbons (Fsp3) is 0.571. The first-order valence-electron chi connectivity index (χ1n) is 6.19. The van der Waals surface area contributed by atoms with Crippen molar-refractivity contribution >= 4 is 23.4 Å². The number of thioether (sulfide) groups is 1. The maximum Gasteiger partial charge on any atom is 0.0406 e. The lowest BCUT2D eigenvalue weighted by molar-refractivity contribution is 0.532. The summed E-state index contributed by atoms with van der Waals surface area (Å²) in [5.74, 6) is 1.27. The largest absolute Gasteiger partial charge is 0.314 e. The summed E-state index contributed by atoms with van der Waals surface area (Å²) < 4.78 is 0. The van der Waals surface area contributed by atoms with Crippen LogP contribution in [0.25, 0.3) is 0 Å². The van der Waals surface area contributed by atoms with Gasteiger partial charge in [0.1, 0.15) is 0 Å². The Bertz CT molecular complexity index is 300. The maximum atomic E-state index is 5.86. The van der Waals surface area contributed by atoms with Crippen LogP contribution in [-0.4, -0.2) is 24.6 Å². The molecule has 1 atom stereocenters. The van der Waals surface area contributed by atoms with Gasteiger partial charge in [-0.15, -0.1) is 0 Å². The molecule has 0 saturated heterocycles. The van der Waals surface area contributed by atoms with Gasteiger partial charge in [-0.2, -0.15) is 11.8 Å². The zero-order valence-corrected chi connectivity index (χ0v) is 12.3. The van der Waals surface area contributed by atoms with E-state index in [0.29, 0.717) is 6.04 Å². The lowest BCUT2D eigenvalue weighted by Crippen LogP contribution is -2.29. The average Bonchev–Trinajstić information content (AvgIpc) is 2.32. The number of nitrogens with one attached hydrogen (secondary N) is 1. The fourth-order valence-electron chi connectivity index (χ4n) is 1.77. The summed E-state index contributed by atoms with van der Waals surface area (Å²) in [5, 5.41) is 4.37. The Balaban J connectivity index is 2.16. The minimum Gasteiger partial charge on any atom is -0.314 e. The van der Waals surface area contributed by atoms with Gasteiger partial charge in [0.05, 0.1) is 0 Å². The minimum absolute atomic E-state index is 0.533. The monoisotopic (exact) mass is 271 g/mol. The van der Waals surface area contributed by atoms with E-state index in [1.807, 2.05) is 23.9 Å². The SMILES string of the molecule is CSCCCCNC(C)Cc1ccc(Cl)cc1. The van der Waals surface area contributed by atoms with Gasteiger partial charge in [0.25, 0.3) is 0 Å². The van der Waals surface area contributed by atoms with Crippen molar-refractivity contribution in [1.29, 1.82) is 0 Å². The Hall–Kier alpha value is -0.180. The van der Waals surface area contributed by atoms with Crippen molar-refractivity contribution in [1.82, 2.24) is 5.32 Å². The number of halogens is 1. The van der Waals surface area contributed by atoms with Gasteiger partial charge in [-0.1, -0.05) is 23.7 Å². The number of hydrogen-bond acceptors (Lipinski definition) is 2. The standard InChI is InChI=1S/C14H22ClNS/c1-12(16-9-3-4-10-17-2)11-13-5-7-14(15)8-6-13/h5-8,12,16H,3-4,9-11H2,1-2H3. The van der Waals surface area contributed by atoms with Crippen molar-refractivity contribution in [2.45, 2.75) is 32.2 Å². The van der Waals surface area contributed by atoms with Gasteiger partial charge in [0.15, 0.2) is 0 Å². The fourth-order valence-corrected chi connectivity index (χ4v) is 2.38. The molecule has 1 rings (SSSR count). The second kappa shape index (κ2) is 8.84. The molecule has 0 heterocycles. The number of hydrogen-bond donors (Lipinski definition) is 1. The van der Waals surface area contributed by atoms with Crippen molar-refractivity contribution < 1.29 is 0 Å². The van der Waals surface area contributed by atoms with Crippen LogP contribution in [0.2, 0.25) is 5.02 Å². The molecule has 96 valence electrons. The molecule has 0 aliphatic carbocycles. The molecule has 3 heteroatoms. The van der Waals surface area contributed by atoms with E-state index < -0.39 is 0 Å². The van der Waals surface area contributed by atoms with Crippen molar-refractivity contribution in [3.63, 3.8) is 0 Å². The van der Waals surface area contributed by atoms with Gasteiger partial charge in [0, 0.05) is 11.1 Å². The smallest absolute Gasteiger partial charge is 0.0406 e. The van der Waals surface area contributed by atoms with Crippen molar-refractivity contribution in [2.24, 2.45) is 0 Å². The summed E-state index contributed by atoms with van der Waals surface area (Å²) in [6, 6.07) is 8.66. The van der Waals surface area contributed by atoms with Crippen LogP contribution in [0.4, 0.5) is 0 Å². The molecule has 0 radical (unpaired) electrons. The molecule has 1 nitrogen and oxygen atoms in total. The second-order valence-electron chi connectivity index (χ2n) is 4.39. The van der Waals surface area contributed by atoms with Crippen LogP contribution in [0.3, 0.4) is 0 Å². The van der Waals surface area contributed by atoms with E-state index >= 15 is 0 Å². The highest BCUT2D eigenvalue weighted by Gasteiger charge is 2.02. The zero-order chi connectivity index (χ0) is 12.5. The Labute approximate surface area is 114 Å². The van der Waals surface area contributed by atoms with Gasteiger partial charge in [-0.05, 0) is 62.4 Å². The van der Waals surface area contributed by atoms with Crippen LogP contribution in [0.5, 0.6) is 0 Å². The van der Waals surface area contributed by atoms with Gasteiger partial charge in [0.2, 0.25) is 0 Å². The van der Waals surface area contributed by atoms with Crippen LogP contribution in [0.15, 0.2) is 24.3 Å². The number of benzene rings is 1. The Kier molecular flexibility index (Phi) is 7.74. The van der Waals surface area contributed by atoms with Crippen LogP contribution in [-0.2, 0) is 6.42 Å². The van der Waals surface area contributed by atoms with Crippen LogP contribution < -0.4 is 5.32 Å². The maximum absolute atomic E-state index is 5.86. The average molecular weight is 272 g/mol. The van der Waals surface area contributed by atoms with Crippen molar-refractivity contribution in [3.8, 4) is 0 Å². The third-order valence-corrected chi connectivity index (χ3v) is 3.67. The first-order valence-corrected chi connectivity index (χ1v) is 7.96. The van der Waals surface area contributed by atoms with Crippen LogP contribution >= 0.6 is 23.4 Å². The molecule has 0 aliphatic heterocycles. The Morgan fingerprint density at radius 1 is 1.24 bits per heavy atom. The summed E-state index contributed by atoms with van der Waals surface area (Å²) in [7, 11) is 0. The van der Waals surface area contributed by atoms with E-state index in [2.05, 4.69) is 30.6 Å². The zero-order valence-electron chi connectivity index (χ0n) is 10.7. The summed E-state index contributed by atoms with van der Waals surface area (Å²) in [6.07, 6.45) is 5.81. The minimum atomic E-state index is 0.533. The highest BCUT2D eigenvalue weighted by Crippen LogP contribution is 2.11.